The third-order valence-corrected chi connectivity index (χ3v) is 3.12. The van der Waals surface area contributed by atoms with Crippen LogP contribution < -0.4 is 5.32 Å². The van der Waals surface area contributed by atoms with Crippen LogP contribution in [0.4, 0.5) is 0 Å². The van der Waals surface area contributed by atoms with Gasteiger partial charge in [-0.25, -0.2) is 0 Å². The summed E-state index contributed by atoms with van der Waals surface area (Å²) in [6.07, 6.45) is 1.94. The number of rotatable bonds is 5. The number of aromatic nitrogens is 1. The first-order valence-electron chi connectivity index (χ1n) is 6.43. The fourth-order valence-corrected chi connectivity index (χ4v) is 1.94. The number of aryl methyl sites for hydroxylation is 1. The number of hydrogen-bond donors (Lipinski definition) is 1. The lowest BCUT2D eigenvalue weighted by Gasteiger charge is -2.13. The smallest absolute Gasteiger partial charge is 0.0372 e. The fourth-order valence-electron chi connectivity index (χ4n) is 1.94. The molecule has 2 rings (SSSR count). The van der Waals surface area contributed by atoms with Crippen LogP contribution in [0.1, 0.15) is 29.7 Å². The fraction of sp³-hybridized carbons (Fsp3) is 0.312. The molecule has 94 valence electrons. The molecule has 2 heteroatoms. The molecule has 1 unspecified atom stereocenters. The second-order valence-corrected chi connectivity index (χ2v) is 4.75. The monoisotopic (exact) mass is 240 g/mol. The topological polar surface area (TPSA) is 24.9 Å². The minimum atomic E-state index is 0.532. The van der Waals surface area contributed by atoms with Gasteiger partial charge in [0.15, 0.2) is 0 Å². The standard InChI is InChI=1S/C16H20N2/c1-13(16-6-4-3-5-7-16)10-17-11-15-9-8-14(2)18-12-15/h3-9,12-13,17H,10-11H2,1-2H3. The van der Waals surface area contributed by atoms with Gasteiger partial charge in [0.25, 0.3) is 0 Å². The van der Waals surface area contributed by atoms with E-state index in [-0.39, 0.29) is 0 Å². The summed E-state index contributed by atoms with van der Waals surface area (Å²) in [5.74, 6) is 0.532. The van der Waals surface area contributed by atoms with Gasteiger partial charge >= 0.3 is 0 Å². The van der Waals surface area contributed by atoms with Crippen molar-refractivity contribution in [2.24, 2.45) is 0 Å². The van der Waals surface area contributed by atoms with Crippen molar-refractivity contribution < 1.29 is 0 Å². The van der Waals surface area contributed by atoms with Gasteiger partial charge in [-0.3, -0.25) is 4.98 Å². The summed E-state index contributed by atoms with van der Waals surface area (Å²) in [7, 11) is 0. The van der Waals surface area contributed by atoms with Crippen LogP contribution in [0.5, 0.6) is 0 Å². The van der Waals surface area contributed by atoms with Crippen molar-refractivity contribution >= 4 is 0 Å². The van der Waals surface area contributed by atoms with E-state index in [1.54, 1.807) is 0 Å². The molecular weight excluding hydrogens is 220 g/mol. The zero-order valence-electron chi connectivity index (χ0n) is 11.1. The molecule has 1 aromatic carbocycles. The van der Waals surface area contributed by atoms with Crippen LogP contribution in [-0.4, -0.2) is 11.5 Å². The van der Waals surface area contributed by atoms with Gasteiger partial charge in [0.1, 0.15) is 0 Å². The van der Waals surface area contributed by atoms with Gasteiger partial charge in [-0.05, 0) is 30.0 Å². The molecule has 0 aliphatic carbocycles. The van der Waals surface area contributed by atoms with Crippen molar-refractivity contribution in [3.8, 4) is 0 Å². The van der Waals surface area contributed by atoms with Gasteiger partial charge in [-0.15, -0.1) is 0 Å². The highest BCUT2D eigenvalue weighted by molar-refractivity contribution is 5.19. The van der Waals surface area contributed by atoms with E-state index < -0.39 is 0 Å². The van der Waals surface area contributed by atoms with Crippen molar-refractivity contribution in [2.75, 3.05) is 6.54 Å². The molecule has 0 bridgehead atoms. The Morgan fingerprint density at radius 3 is 2.56 bits per heavy atom. The third kappa shape index (κ3) is 3.67. The summed E-state index contributed by atoms with van der Waals surface area (Å²) in [6.45, 7) is 6.12. The van der Waals surface area contributed by atoms with Gasteiger partial charge in [0.2, 0.25) is 0 Å². The SMILES string of the molecule is Cc1ccc(CNCC(C)c2ccccc2)cn1. The summed E-state index contributed by atoms with van der Waals surface area (Å²) >= 11 is 0. The van der Waals surface area contributed by atoms with Crippen molar-refractivity contribution in [1.82, 2.24) is 10.3 Å². The molecule has 0 radical (unpaired) electrons. The lowest BCUT2D eigenvalue weighted by Crippen LogP contribution is -2.19. The van der Waals surface area contributed by atoms with Gasteiger partial charge in [-0.2, -0.15) is 0 Å². The molecule has 2 aromatic rings. The van der Waals surface area contributed by atoms with E-state index in [9.17, 15) is 0 Å². The minimum absolute atomic E-state index is 0.532. The van der Waals surface area contributed by atoms with Crippen LogP contribution in [0, 0.1) is 6.92 Å². The predicted octanol–water partition coefficient (Wildman–Crippen LogP) is 3.28. The first-order chi connectivity index (χ1) is 8.75. The Labute approximate surface area is 109 Å². The predicted molar refractivity (Wildman–Crippen MR) is 75.5 cm³/mol. The molecule has 0 fully saturated rings. The maximum Gasteiger partial charge on any atom is 0.0372 e. The summed E-state index contributed by atoms with van der Waals surface area (Å²) in [4.78, 5) is 4.30. The summed E-state index contributed by atoms with van der Waals surface area (Å²) in [5, 5.41) is 3.48. The van der Waals surface area contributed by atoms with Gasteiger partial charge < -0.3 is 5.32 Å². The molecule has 0 saturated carbocycles. The van der Waals surface area contributed by atoms with Crippen molar-refractivity contribution in [3.05, 3.63) is 65.5 Å². The quantitative estimate of drug-likeness (QED) is 0.867. The summed E-state index contributed by atoms with van der Waals surface area (Å²) < 4.78 is 0. The maximum atomic E-state index is 4.30. The van der Waals surface area contributed by atoms with Crippen LogP contribution in [0.3, 0.4) is 0 Å². The molecule has 2 nitrogen and oxygen atoms in total. The number of nitrogens with one attached hydrogen (secondary N) is 1. The highest BCUT2D eigenvalue weighted by atomic mass is 14.9. The lowest BCUT2D eigenvalue weighted by molar-refractivity contribution is 0.614. The minimum Gasteiger partial charge on any atom is -0.312 e. The van der Waals surface area contributed by atoms with E-state index in [4.69, 9.17) is 0 Å². The Kier molecular flexibility index (Phi) is 4.48. The molecular formula is C16H20N2. The van der Waals surface area contributed by atoms with Crippen LogP contribution in [0.25, 0.3) is 0 Å². The normalized spacial score (nSPS) is 12.3. The molecule has 1 atom stereocenters. The zero-order valence-corrected chi connectivity index (χ0v) is 11.1. The van der Waals surface area contributed by atoms with E-state index in [0.717, 1.165) is 18.8 Å². The maximum absolute atomic E-state index is 4.30. The number of nitrogens with zero attached hydrogens (tertiary/aromatic N) is 1. The van der Waals surface area contributed by atoms with E-state index in [2.05, 4.69) is 59.7 Å². The van der Waals surface area contributed by atoms with Crippen molar-refractivity contribution in [3.63, 3.8) is 0 Å². The van der Waals surface area contributed by atoms with E-state index >= 15 is 0 Å². The van der Waals surface area contributed by atoms with E-state index in [0.29, 0.717) is 5.92 Å². The summed E-state index contributed by atoms with van der Waals surface area (Å²) in [6, 6.07) is 14.8. The average molecular weight is 240 g/mol. The van der Waals surface area contributed by atoms with Crippen LogP contribution >= 0.6 is 0 Å². The Hall–Kier alpha value is -1.67. The highest BCUT2D eigenvalue weighted by Gasteiger charge is 2.03. The Bertz CT molecular complexity index is 462. The third-order valence-electron chi connectivity index (χ3n) is 3.12. The Balaban J connectivity index is 1.80. The number of pyridine rings is 1. The van der Waals surface area contributed by atoms with Gasteiger partial charge in [0.05, 0.1) is 0 Å². The highest BCUT2D eigenvalue weighted by Crippen LogP contribution is 2.13. The Morgan fingerprint density at radius 2 is 1.89 bits per heavy atom. The zero-order chi connectivity index (χ0) is 12.8. The van der Waals surface area contributed by atoms with Crippen molar-refractivity contribution in [1.29, 1.82) is 0 Å². The van der Waals surface area contributed by atoms with Crippen LogP contribution in [-0.2, 0) is 6.54 Å². The van der Waals surface area contributed by atoms with E-state index in [1.807, 2.05) is 13.1 Å². The average Bonchev–Trinajstić information content (AvgIpc) is 2.42. The first kappa shape index (κ1) is 12.8. The molecule has 1 aromatic heterocycles. The molecule has 0 saturated heterocycles. The molecule has 18 heavy (non-hydrogen) atoms. The molecule has 0 aliphatic heterocycles. The van der Waals surface area contributed by atoms with Gasteiger partial charge in [-0.1, -0.05) is 43.3 Å². The molecule has 0 spiro atoms. The molecule has 0 aliphatic rings. The van der Waals surface area contributed by atoms with E-state index in [1.165, 1.54) is 11.1 Å². The van der Waals surface area contributed by atoms with Crippen molar-refractivity contribution in [2.45, 2.75) is 26.3 Å². The second kappa shape index (κ2) is 6.31. The largest absolute Gasteiger partial charge is 0.312 e. The second-order valence-electron chi connectivity index (χ2n) is 4.75. The van der Waals surface area contributed by atoms with Gasteiger partial charge in [0, 0.05) is 25.0 Å². The number of hydrogen-bond acceptors (Lipinski definition) is 2. The summed E-state index contributed by atoms with van der Waals surface area (Å²) in [5.41, 5.74) is 3.68. The molecule has 1 heterocycles. The lowest BCUT2D eigenvalue weighted by atomic mass is 10.0. The number of benzene rings is 1. The molecule has 1 N–H and O–H groups in total. The molecule has 0 amide bonds. The van der Waals surface area contributed by atoms with Crippen LogP contribution in [0.2, 0.25) is 0 Å². The first-order valence-corrected chi connectivity index (χ1v) is 6.43. The van der Waals surface area contributed by atoms with Crippen LogP contribution in [0.15, 0.2) is 48.7 Å². The Morgan fingerprint density at radius 1 is 1.11 bits per heavy atom.